The van der Waals surface area contributed by atoms with Crippen LogP contribution in [0.25, 0.3) is 0 Å². The molecule has 0 atom stereocenters. The molecule has 0 fully saturated rings. The first-order valence-corrected chi connectivity index (χ1v) is 7.68. The molecule has 6 heteroatoms. The van der Waals surface area contributed by atoms with Crippen LogP contribution in [-0.2, 0) is 11.3 Å². The quantitative estimate of drug-likeness (QED) is 0.821. The molecule has 0 aliphatic heterocycles. The molecule has 0 spiro atoms. The Kier molecular flexibility index (Phi) is 5.91. The molecule has 3 nitrogen and oxygen atoms in total. The van der Waals surface area contributed by atoms with Crippen molar-refractivity contribution in [2.45, 2.75) is 6.54 Å². The van der Waals surface area contributed by atoms with Crippen LogP contribution < -0.4 is 10.1 Å². The third kappa shape index (κ3) is 5.23. The van der Waals surface area contributed by atoms with Gasteiger partial charge in [-0.1, -0.05) is 45.2 Å². The van der Waals surface area contributed by atoms with E-state index in [0.29, 0.717) is 22.3 Å². The predicted octanol–water partition coefficient (Wildman–Crippen LogP) is 4.45. The maximum absolute atomic E-state index is 11.7. The van der Waals surface area contributed by atoms with Gasteiger partial charge in [-0.15, -0.1) is 0 Å². The van der Waals surface area contributed by atoms with Crippen molar-refractivity contribution in [1.82, 2.24) is 5.32 Å². The molecule has 0 heterocycles. The molecule has 2 rings (SSSR count). The number of carbonyl (C=O) groups is 1. The summed E-state index contributed by atoms with van der Waals surface area (Å²) in [4.78, 5) is 11.7. The van der Waals surface area contributed by atoms with Crippen molar-refractivity contribution in [1.29, 1.82) is 0 Å². The number of halogens is 3. The largest absolute Gasteiger partial charge is 0.484 e. The number of hydrogen-bond acceptors (Lipinski definition) is 2. The second kappa shape index (κ2) is 7.69. The van der Waals surface area contributed by atoms with Crippen molar-refractivity contribution < 1.29 is 9.53 Å². The van der Waals surface area contributed by atoms with Gasteiger partial charge in [-0.25, -0.2) is 0 Å². The minimum Gasteiger partial charge on any atom is -0.484 e. The number of rotatable bonds is 5. The van der Waals surface area contributed by atoms with Gasteiger partial charge in [-0.05, 0) is 42.0 Å². The van der Waals surface area contributed by atoms with Crippen LogP contribution in [0.1, 0.15) is 5.56 Å². The van der Waals surface area contributed by atoms with Crippen molar-refractivity contribution in [2.75, 3.05) is 6.61 Å². The molecule has 110 valence electrons. The summed E-state index contributed by atoms with van der Waals surface area (Å²) in [5.74, 6) is 0.418. The lowest BCUT2D eigenvalue weighted by atomic mass is 10.2. The van der Waals surface area contributed by atoms with Gasteiger partial charge in [0.25, 0.3) is 5.91 Å². The SMILES string of the molecule is O=C(COc1ccc(Br)cc1)NCc1ccc(Cl)cc1Cl. The van der Waals surface area contributed by atoms with Gasteiger partial charge in [-0.3, -0.25) is 4.79 Å². The highest BCUT2D eigenvalue weighted by Gasteiger charge is 2.05. The monoisotopic (exact) mass is 387 g/mol. The van der Waals surface area contributed by atoms with Gasteiger partial charge >= 0.3 is 0 Å². The first-order chi connectivity index (χ1) is 10.0. The molecular weight excluding hydrogens is 377 g/mol. The van der Waals surface area contributed by atoms with Crippen molar-refractivity contribution in [2.24, 2.45) is 0 Å². The summed E-state index contributed by atoms with van der Waals surface area (Å²) >= 11 is 15.2. The van der Waals surface area contributed by atoms with Gasteiger partial charge in [0.15, 0.2) is 6.61 Å². The van der Waals surface area contributed by atoms with Crippen LogP contribution in [-0.4, -0.2) is 12.5 Å². The Morgan fingerprint density at radius 1 is 1.14 bits per heavy atom. The minimum atomic E-state index is -0.219. The highest BCUT2D eigenvalue weighted by Crippen LogP contribution is 2.20. The van der Waals surface area contributed by atoms with Gasteiger partial charge in [0.2, 0.25) is 0 Å². The van der Waals surface area contributed by atoms with Crippen molar-refractivity contribution in [3.63, 3.8) is 0 Å². The maximum Gasteiger partial charge on any atom is 0.258 e. The van der Waals surface area contributed by atoms with Crippen molar-refractivity contribution >= 4 is 45.0 Å². The van der Waals surface area contributed by atoms with E-state index in [-0.39, 0.29) is 12.5 Å². The van der Waals surface area contributed by atoms with Gasteiger partial charge in [0.1, 0.15) is 5.75 Å². The van der Waals surface area contributed by atoms with E-state index in [1.54, 1.807) is 30.3 Å². The van der Waals surface area contributed by atoms with Gasteiger partial charge in [-0.2, -0.15) is 0 Å². The standard InChI is InChI=1S/C15H12BrCl2NO2/c16-11-2-5-13(6-3-11)21-9-15(20)19-8-10-1-4-12(17)7-14(10)18/h1-7H,8-9H2,(H,19,20). The Morgan fingerprint density at radius 2 is 1.86 bits per heavy atom. The topological polar surface area (TPSA) is 38.3 Å². The summed E-state index contributed by atoms with van der Waals surface area (Å²) in [6, 6.07) is 12.4. The van der Waals surface area contributed by atoms with E-state index in [1.807, 2.05) is 12.1 Å². The molecule has 2 aromatic carbocycles. The van der Waals surface area contributed by atoms with E-state index in [1.165, 1.54) is 0 Å². The average molecular weight is 389 g/mol. The van der Waals surface area contributed by atoms with E-state index in [4.69, 9.17) is 27.9 Å². The molecule has 0 radical (unpaired) electrons. The Hall–Kier alpha value is -1.23. The highest BCUT2D eigenvalue weighted by atomic mass is 79.9. The van der Waals surface area contributed by atoms with Gasteiger partial charge in [0, 0.05) is 21.1 Å². The third-order valence-electron chi connectivity index (χ3n) is 2.67. The zero-order chi connectivity index (χ0) is 15.2. The molecule has 0 aliphatic carbocycles. The first-order valence-electron chi connectivity index (χ1n) is 6.13. The number of amides is 1. The average Bonchev–Trinajstić information content (AvgIpc) is 2.46. The summed E-state index contributed by atoms with van der Waals surface area (Å²) in [5, 5.41) is 3.83. The summed E-state index contributed by atoms with van der Waals surface area (Å²) in [6.07, 6.45) is 0. The van der Waals surface area contributed by atoms with E-state index >= 15 is 0 Å². The fourth-order valence-corrected chi connectivity index (χ4v) is 2.33. The maximum atomic E-state index is 11.7. The predicted molar refractivity (Wildman–Crippen MR) is 87.9 cm³/mol. The molecule has 2 aromatic rings. The molecule has 0 saturated carbocycles. The zero-order valence-electron chi connectivity index (χ0n) is 10.9. The number of ether oxygens (including phenoxy) is 1. The molecule has 0 unspecified atom stereocenters. The molecule has 0 saturated heterocycles. The lowest BCUT2D eigenvalue weighted by Gasteiger charge is -2.09. The summed E-state index contributed by atoms with van der Waals surface area (Å²) in [5.41, 5.74) is 0.804. The van der Waals surface area contributed by atoms with Gasteiger partial charge < -0.3 is 10.1 Å². The molecule has 21 heavy (non-hydrogen) atoms. The lowest BCUT2D eigenvalue weighted by Crippen LogP contribution is -2.28. The van der Waals surface area contributed by atoms with E-state index in [9.17, 15) is 4.79 Å². The molecule has 0 bridgehead atoms. The fraction of sp³-hybridized carbons (Fsp3) is 0.133. The molecule has 0 aromatic heterocycles. The second-order valence-corrected chi connectivity index (χ2v) is 6.01. The number of benzene rings is 2. The fourth-order valence-electron chi connectivity index (χ4n) is 1.59. The molecule has 0 aliphatic rings. The molecule has 1 N–H and O–H groups in total. The Balaban J connectivity index is 1.80. The third-order valence-corrected chi connectivity index (χ3v) is 3.79. The number of carbonyl (C=O) groups excluding carboxylic acids is 1. The summed E-state index contributed by atoms with van der Waals surface area (Å²) in [6.45, 7) is 0.283. The number of hydrogen-bond donors (Lipinski definition) is 1. The summed E-state index contributed by atoms with van der Waals surface area (Å²) in [7, 11) is 0. The molecular formula is C15H12BrCl2NO2. The van der Waals surface area contributed by atoms with Crippen LogP contribution in [0.4, 0.5) is 0 Å². The van der Waals surface area contributed by atoms with Crippen LogP contribution in [0.15, 0.2) is 46.9 Å². The van der Waals surface area contributed by atoms with Crippen LogP contribution in [0, 0.1) is 0 Å². The Bertz CT molecular complexity index is 632. The second-order valence-electron chi connectivity index (χ2n) is 4.26. The molecule has 1 amide bonds. The van der Waals surface area contributed by atoms with Crippen molar-refractivity contribution in [3.05, 3.63) is 62.5 Å². The van der Waals surface area contributed by atoms with Crippen LogP contribution in [0.5, 0.6) is 5.75 Å². The van der Waals surface area contributed by atoms with Crippen LogP contribution in [0.3, 0.4) is 0 Å². The van der Waals surface area contributed by atoms with E-state index in [0.717, 1.165) is 10.0 Å². The van der Waals surface area contributed by atoms with Crippen LogP contribution >= 0.6 is 39.1 Å². The van der Waals surface area contributed by atoms with Gasteiger partial charge in [0.05, 0.1) is 0 Å². The van der Waals surface area contributed by atoms with Crippen molar-refractivity contribution in [3.8, 4) is 5.75 Å². The Labute approximate surface area is 141 Å². The van der Waals surface area contributed by atoms with Crippen LogP contribution in [0.2, 0.25) is 10.0 Å². The number of nitrogens with one attached hydrogen (secondary N) is 1. The first kappa shape index (κ1) is 16.1. The van der Waals surface area contributed by atoms with E-state index < -0.39 is 0 Å². The van der Waals surface area contributed by atoms with E-state index in [2.05, 4.69) is 21.2 Å². The zero-order valence-corrected chi connectivity index (χ0v) is 14.0. The Morgan fingerprint density at radius 3 is 2.52 bits per heavy atom. The normalized spacial score (nSPS) is 10.2. The summed E-state index contributed by atoms with van der Waals surface area (Å²) < 4.78 is 6.33. The minimum absolute atomic E-state index is 0.0488. The lowest BCUT2D eigenvalue weighted by molar-refractivity contribution is -0.123. The highest BCUT2D eigenvalue weighted by molar-refractivity contribution is 9.10. The smallest absolute Gasteiger partial charge is 0.258 e.